The van der Waals surface area contributed by atoms with E-state index in [-0.39, 0.29) is 34.9 Å². The van der Waals surface area contributed by atoms with E-state index >= 15 is 0 Å². The van der Waals surface area contributed by atoms with Crippen molar-refractivity contribution < 1.29 is 33.3 Å². The molecule has 0 aliphatic heterocycles. The van der Waals surface area contributed by atoms with E-state index in [0.29, 0.717) is 30.0 Å². The second kappa shape index (κ2) is 13.4. The minimum Gasteiger partial charge on any atom is -0.497 e. The number of para-hydroxylation sites is 1. The van der Waals surface area contributed by atoms with E-state index in [2.05, 4.69) is 10.6 Å². The van der Waals surface area contributed by atoms with Crippen molar-refractivity contribution in [3.05, 3.63) is 77.4 Å². The Balaban J connectivity index is 1.78. The summed E-state index contributed by atoms with van der Waals surface area (Å²) in [5, 5.41) is 5.44. The molecule has 3 rings (SSSR count). The first-order valence-electron chi connectivity index (χ1n) is 12.7. The molecule has 0 saturated heterocycles. The number of ketones is 1. The molecule has 10 heteroatoms. The molecule has 10 nitrogen and oxygen atoms in total. The molecule has 0 aliphatic rings. The lowest BCUT2D eigenvalue weighted by atomic mass is 9.99. The Kier molecular flexibility index (Phi) is 9.97. The molecule has 212 valence electrons. The zero-order valence-corrected chi connectivity index (χ0v) is 23.3. The van der Waals surface area contributed by atoms with Gasteiger partial charge in [0.2, 0.25) is 0 Å². The summed E-state index contributed by atoms with van der Waals surface area (Å²) in [6.45, 7) is 5.88. The SMILES string of the molecule is COc1ccc(C(=O)Nc2c(N)cccc2C(=O)c2ccc(OC)cc2OCCCNC(=O)OC(C)(C)C)cc1. The Bertz CT molecular complexity index is 1350. The normalized spacial score (nSPS) is 10.8. The Hall–Kier alpha value is -4.73. The van der Waals surface area contributed by atoms with Crippen LogP contribution < -0.4 is 30.6 Å². The predicted molar refractivity (Wildman–Crippen MR) is 153 cm³/mol. The number of rotatable bonds is 11. The zero-order chi connectivity index (χ0) is 29.3. The smallest absolute Gasteiger partial charge is 0.407 e. The number of nitrogen functional groups attached to an aromatic ring is 1. The summed E-state index contributed by atoms with van der Waals surface area (Å²) in [6.07, 6.45) is -0.0541. The fourth-order valence-electron chi connectivity index (χ4n) is 3.67. The number of amides is 2. The number of hydrogen-bond donors (Lipinski definition) is 3. The first-order valence-corrected chi connectivity index (χ1v) is 12.7. The third kappa shape index (κ3) is 8.13. The molecule has 0 atom stereocenters. The summed E-state index contributed by atoms with van der Waals surface area (Å²) < 4.78 is 21.6. The summed E-state index contributed by atoms with van der Waals surface area (Å²) in [4.78, 5) is 38.5. The molecule has 0 saturated carbocycles. The van der Waals surface area contributed by atoms with Crippen LogP contribution in [-0.4, -0.2) is 50.8 Å². The maximum atomic E-state index is 13.7. The molecule has 3 aromatic carbocycles. The summed E-state index contributed by atoms with van der Waals surface area (Å²) in [7, 11) is 3.05. The molecular formula is C30H35N3O7. The molecule has 4 N–H and O–H groups in total. The molecule has 0 radical (unpaired) electrons. The average molecular weight is 550 g/mol. The molecular weight excluding hydrogens is 514 g/mol. The van der Waals surface area contributed by atoms with Gasteiger partial charge in [0.25, 0.3) is 5.91 Å². The van der Waals surface area contributed by atoms with Crippen molar-refractivity contribution in [3.8, 4) is 17.2 Å². The topological polar surface area (TPSA) is 138 Å². The van der Waals surface area contributed by atoms with E-state index < -0.39 is 23.4 Å². The van der Waals surface area contributed by atoms with Gasteiger partial charge in [0.1, 0.15) is 22.8 Å². The summed E-state index contributed by atoms with van der Waals surface area (Å²) >= 11 is 0. The first kappa shape index (κ1) is 29.8. The minimum atomic E-state index is -0.593. The highest BCUT2D eigenvalue weighted by molar-refractivity contribution is 6.18. The Labute approximate surface area is 233 Å². The average Bonchev–Trinajstić information content (AvgIpc) is 2.92. The van der Waals surface area contributed by atoms with Crippen molar-refractivity contribution in [3.63, 3.8) is 0 Å². The number of ether oxygens (including phenoxy) is 4. The van der Waals surface area contributed by atoms with Crippen LogP contribution >= 0.6 is 0 Å². The van der Waals surface area contributed by atoms with E-state index in [1.54, 1.807) is 81.4 Å². The summed E-state index contributed by atoms with van der Waals surface area (Å²) in [6, 6.07) is 16.2. The van der Waals surface area contributed by atoms with Crippen LogP contribution in [0, 0.1) is 0 Å². The zero-order valence-electron chi connectivity index (χ0n) is 23.3. The molecule has 2 amide bonds. The highest BCUT2D eigenvalue weighted by Gasteiger charge is 2.22. The number of carbonyl (C=O) groups is 3. The van der Waals surface area contributed by atoms with Gasteiger partial charge in [-0.05, 0) is 75.7 Å². The Morgan fingerprint density at radius 3 is 2.20 bits per heavy atom. The van der Waals surface area contributed by atoms with Crippen LogP contribution in [0.3, 0.4) is 0 Å². The third-order valence-corrected chi connectivity index (χ3v) is 5.61. The van der Waals surface area contributed by atoms with Crippen LogP contribution in [0.25, 0.3) is 0 Å². The highest BCUT2D eigenvalue weighted by Crippen LogP contribution is 2.32. The van der Waals surface area contributed by atoms with Crippen molar-refractivity contribution in [2.24, 2.45) is 0 Å². The van der Waals surface area contributed by atoms with Crippen molar-refractivity contribution in [1.82, 2.24) is 5.32 Å². The van der Waals surface area contributed by atoms with Gasteiger partial charge >= 0.3 is 6.09 Å². The van der Waals surface area contributed by atoms with Crippen molar-refractivity contribution in [2.75, 3.05) is 38.4 Å². The van der Waals surface area contributed by atoms with Gasteiger partial charge in [-0.1, -0.05) is 6.07 Å². The van der Waals surface area contributed by atoms with E-state index in [9.17, 15) is 14.4 Å². The molecule has 3 aromatic rings. The van der Waals surface area contributed by atoms with Crippen molar-refractivity contribution in [1.29, 1.82) is 0 Å². The minimum absolute atomic E-state index is 0.191. The van der Waals surface area contributed by atoms with E-state index in [0.717, 1.165) is 0 Å². The fraction of sp³-hybridized carbons (Fsp3) is 0.300. The molecule has 0 spiro atoms. The second-order valence-electron chi connectivity index (χ2n) is 9.77. The number of methoxy groups -OCH3 is 2. The molecule has 0 bridgehead atoms. The van der Waals surface area contributed by atoms with E-state index in [1.165, 1.54) is 14.2 Å². The van der Waals surface area contributed by atoms with Crippen LogP contribution in [0.5, 0.6) is 17.2 Å². The van der Waals surface area contributed by atoms with Crippen molar-refractivity contribution in [2.45, 2.75) is 32.8 Å². The van der Waals surface area contributed by atoms with Crippen molar-refractivity contribution >= 4 is 29.2 Å². The Morgan fingerprint density at radius 2 is 1.55 bits per heavy atom. The lowest BCUT2D eigenvalue weighted by Crippen LogP contribution is -2.33. The monoisotopic (exact) mass is 549 g/mol. The predicted octanol–water partition coefficient (Wildman–Crippen LogP) is 5.06. The van der Waals surface area contributed by atoms with Gasteiger partial charge in [-0.3, -0.25) is 9.59 Å². The van der Waals surface area contributed by atoms with Crippen LogP contribution in [0.4, 0.5) is 16.2 Å². The quantitative estimate of drug-likeness (QED) is 0.171. The van der Waals surface area contributed by atoms with Gasteiger partial charge < -0.3 is 35.3 Å². The van der Waals surface area contributed by atoms with Crippen LogP contribution in [-0.2, 0) is 4.74 Å². The Morgan fingerprint density at radius 1 is 0.875 bits per heavy atom. The van der Waals surface area contributed by atoms with E-state index in [4.69, 9.17) is 24.7 Å². The lowest BCUT2D eigenvalue weighted by Gasteiger charge is -2.19. The molecule has 0 unspecified atom stereocenters. The number of anilines is 2. The molecule has 0 aliphatic carbocycles. The first-order chi connectivity index (χ1) is 19.0. The van der Waals surface area contributed by atoms with Crippen LogP contribution in [0.2, 0.25) is 0 Å². The van der Waals surface area contributed by atoms with Crippen LogP contribution in [0.15, 0.2) is 60.7 Å². The highest BCUT2D eigenvalue weighted by atomic mass is 16.6. The van der Waals surface area contributed by atoms with Gasteiger partial charge in [0, 0.05) is 23.7 Å². The van der Waals surface area contributed by atoms with Gasteiger partial charge in [0.05, 0.1) is 37.8 Å². The molecule has 40 heavy (non-hydrogen) atoms. The van der Waals surface area contributed by atoms with Gasteiger partial charge in [-0.25, -0.2) is 4.79 Å². The van der Waals surface area contributed by atoms with Gasteiger partial charge in [0.15, 0.2) is 5.78 Å². The van der Waals surface area contributed by atoms with Gasteiger partial charge in [-0.2, -0.15) is 0 Å². The standard InChI is InChI=1S/C30H35N3O7/c1-30(2,3)40-29(36)32-16-7-17-39-25-18-21(38-5)14-15-22(25)27(34)23-8-6-9-24(31)26(23)33-28(35)19-10-12-20(37-4)13-11-19/h6,8-15,18H,7,16-17,31H2,1-5H3,(H,32,36)(H,33,35). The molecule has 0 heterocycles. The second-order valence-corrected chi connectivity index (χ2v) is 9.77. The van der Waals surface area contributed by atoms with E-state index in [1.807, 2.05) is 0 Å². The summed E-state index contributed by atoms with van der Waals surface area (Å²) in [5.74, 6) is 0.565. The maximum absolute atomic E-state index is 13.7. The summed E-state index contributed by atoms with van der Waals surface area (Å²) in [5.41, 5.74) is 6.84. The maximum Gasteiger partial charge on any atom is 0.407 e. The van der Waals surface area contributed by atoms with Crippen LogP contribution in [0.1, 0.15) is 53.5 Å². The fourth-order valence-corrected chi connectivity index (χ4v) is 3.67. The third-order valence-electron chi connectivity index (χ3n) is 5.61. The molecule has 0 fully saturated rings. The van der Waals surface area contributed by atoms with Gasteiger partial charge in [-0.15, -0.1) is 0 Å². The number of alkyl carbamates (subject to hydrolysis) is 1. The molecule has 0 aromatic heterocycles. The number of benzene rings is 3. The number of carbonyl (C=O) groups excluding carboxylic acids is 3. The number of hydrogen-bond acceptors (Lipinski definition) is 8. The number of nitrogens with one attached hydrogen (secondary N) is 2. The largest absolute Gasteiger partial charge is 0.497 e. The lowest BCUT2D eigenvalue weighted by molar-refractivity contribution is 0.0525. The number of nitrogens with two attached hydrogens (primary N) is 1.